The van der Waals surface area contributed by atoms with Crippen LogP contribution >= 0.6 is 0 Å². The van der Waals surface area contributed by atoms with Crippen LogP contribution in [0.15, 0.2) is 42.5 Å². The minimum absolute atomic E-state index is 0.297. The molecule has 2 aromatic rings. The van der Waals surface area contributed by atoms with Gasteiger partial charge in [0.2, 0.25) is 5.91 Å². The van der Waals surface area contributed by atoms with E-state index in [1.54, 1.807) is 18.2 Å². The zero-order chi connectivity index (χ0) is 18.4. The first kappa shape index (κ1) is 17.8. The van der Waals surface area contributed by atoms with Gasteiger partial charge in [-0.05, 0) is 36.4 Å². The second-order valence-corrected chi connectivity index (χ2v) is 4.92. The van der Waals surface area contributed by atoms with Crippen LogP contribution in [0.25, 0.3) is 0 Å². The molecule has 0 aliphatic carbocycles. The highest BCUT2D eigenvalue weighted by molar-refractivity contribution is 6.43. The summed E-state index contributed by atoms with van der Waals surface area (Å²) in [5.41, 5.74) is 6.11. The summed E-state index contributed by atoms with van der Waals surface area (Å²) in [4.78, 5) is 35.0. The lowest BCUT2D eigenvalue weighted by Crippen LogP contribution is -2.29. The van der Waals surface area contributed by atoms with E-state index in [0.717, 1.165) is 0 Å². The molecule has 0 unspecified atom stereocenters. The molecule has 0 atom stereocenters. The number of benzene rings is 2. The maximum absolute atomic E-state index is 12.0. The van der Waals surface area contributed by atoms with Crippen LogP contribution in [0.4, 0.5) is 11.4 Å². The average Bonchev–Trinajstić information content (AvgIpc) is 2.62. The number of nitrogens with one attached hydrogen (secondary N) is 2. The summed E-state index contributed by atoms with van der Waals surface area (Å²) in [5, 5.41) is 4.88. The fourth-order valence-electron chi connectivity index (χ4n) is 1.99. The number of nitrogens with two attached hydrogens (primary N) is 1. The zero-order valence-electron chi connectivity index (χ0n) is 13.7. The van der Waals surface area contributed by atoms with Gasteiger partial charge in [0.15, 0.2) is 0 Å². The van der Waals surface area contributed by atoms with Crippen molar-refractivity contribution in [3.63, 3.8) is 0 Å². The third-order valence-electron chi connectivity index (χ3n) is 3.29. The standard InChI is InChI=1S/C17H17N3O5/c1-24-12-7-8-13(14(9-12)25-2)20-17(23)16(22)19-11-5-3-10(4-6-11)15(18)21/h3-9H,1-2H3,(H2,18,21)(H,19,22)(H,20,23). The van der Waals surface area contributed by atoms with Crippen molar-refractivity contribution >= 4 is 29.1 Å². The molecule has 0 radical (unpaired) electrons. The van der Waals surface area contributed by atoms with Gasteiger partial charge >= 0.3 is 11.8 Å². The van der Waals surface area contributed by atoms with Crippen molar-refractivity contribution in [2.24, 2.45) is 5.73 Å². The molecule has 4 N–H and O–H groups in total. The van der Waals surface area contributed by atoms with Crippen molar-refractivity contribution in [2.75, 3.05) is 24.9 Å². The normalized spacial score (nSPS) is 9.84. The summed E-state index contributed by atoms with van der Waals surface area (Å²) >= 11 is 0. The molecule has 0 aliphatic rings. The first-order valence-electron chi connectivity index (χ1n) is 7.19. The summed E-state index contributed by atoms with van der Waals surface area (Å²) in [6.07, 6.45) is 0. The van der Waals surface area contributed by atoms with Gasteiger partial charge in [-0.3, -0.25) is 14.4 Å². The second kappa shape index (κ2) is 7.82. The first-order chi connectivity index (χ1) is 11.9. The van der Waals surface area contributed by atoms with Gasteiger partial charge in [-0.25, -0.2) is 0 Å². The third kappa shape index (κ3) is 4.47. The molecule has 0 fully saturated rings. The Morgan fingerprint density at radius 3 is 2.08 bits per heavy atom. The van der Waals surface area contributed by atoms with Crippen LogP contribution in [0.3, 0.4) is 0 Å². The average molecular weight is 343 g/mol. The van der Waals surface area contributed by atoms with E-state index in [1.807, 2.05) is 0 Å². The number of anilines is 2. The largest absolute Gasteiger partial charge is 0.497 e. The summed E-state index contributed by atoms with van der Waals surface area (Å²) in [7, 11) is 2.94. The number of ether oxygens (including phenoxy) is 2. The van der Waals surface area contributed by atoms with E-state index < -0.39 is 17.7 Å². The highest BCUT2D eigenvalue weighted by Crippen LogP contribution is 2.28. The molecule has 0 heterocycles. The van der Waals surface area contributed by atoms with E-state index in [1.165, 1.54) is 38.5 Å². The van der Waals surface area contributed by atoms with E-state index in [4.69, 9.17) is 15.2 Å². The summed E-state index contributed by atoms with van der Waals surface area (Å²) < 4.78 is 10.2. The molecule has 8 heteroatoms. The Morgan fingerprint density at radius 1 is 0.880 bits per heavy atom. The van der Waals surface area contributed by atoms with Gasteiger partial charge in [0.25, 0.3) is 0 Å². The monoisotopic (exact) mass is 343 g/mol. The number of carbonyl (C=O) groups excluding carboxylic acids is 3. The van der Waals surface area contributed by atoms with E-state index in [-0.39, 0.29) is 0 Å². The number of carbonyl (C=O) groups is 3. The van der Waals surface area contributed by atoms with Crippen LogP contribution in [-0.2, 0) is 9.59 Å². The number of primary amides is 1. The van der Waals surface area contributed by atoms with Crippen molar-refractivity contribution in [3.05, 3.63) is 48.0 Å². The molecule has 3 amide bonds. The fourth-order valence-corrected chi connectivity index (χ4v) is 1.99. The van der Waals surface area contributed by atoms with E-state index in [9.17, 15) is 14.4 Å². The molecule has 0 aliphatic heterocycles. The predicted octanol–water partition coefficient (Wildman–Crippen LogP) is 1.38. The topological polar surface area (TPSA) is 120 Å². The Labute approximate surface area is 143 Å². The zero-order valence-corrected chi connectivity index (χ0v) is 13.7. The smallest absolute Gasteiger partial charge is 0.314 e. The molecule has 0 bridgehead atoms. The van der Waals surface area contributed by atoms with Gasteiger partial charge in [0, 0.05) is 17.3 Å². The SMILES string of the molecule is COc1ccc(NC(=O)C(=O)Nc2ccc(C(N)=O)cc2)c(OC)c1. The van der Waals surface area contributed by atoms with Crippen molar-refractivity contribution < 1.29 is 23.9 Å². The van der Waals surface area contributed by atoms with E-state index in [2.05, 4.69) is 10.6 Å². The van der Waals surface area contributed by atoms with Gasteiger partial charge in [-0.1, -0.05) is 0 Å². The van der Waals surface area contributed by atoms with Crippen molar-refractivity contribution in [3.8, 4) is 11.5 Å². The fraction of sp³-hybridized carbons (Fsp3) is 0.118. The number of hydrogen-bond donors (Lipinski definition) is 3. The van der Waals surface area contributed by atoms with Crippen molar-refractivity contribution in [1.82, 2.24) is 0 Å². The summed E-state index contributed by atoms with van der Waals surface area (Å²) in [5.74, 6) is -1.42. The lowest BCUT2D eigenvalue weighted by Gasteiger charge is -2.11. The minimum Gasteiger partial charge on any atom is -0.497 e. The molecule has 2 rings (SSSR count). The number of amides is 3. The summed E-state index contributed by atoms with van der Waals surface area (Å²) in [6, 6.07) is 10.6. The van der Waals surface area contributed by atoms with E-state index in [0.29, 0.717) is 28.4 Å². The maximum atomic E-state index is 12.0. The molecular formula is C17H17N3O5. The van der Waals surface area contributed by atoms with Gasteiger partial charge < -0.3 is 25.8 Å². The van der Waals surface area contributed by atoms with Crippen LogP contribution < -0.4 is 25.8 Å². The van der Waals surface area contributed by atoms with Gasteiger partial charge in [0.1, 0.15) is 11.5 Å². The molecule has 0 saturated carbocycles. The Hall–Kier alpha value is -3.55. The Bertz CT molecular complexity index is 802. The third-order valence-corrected chi connectivity index (χ3v) is 3.29. The molecule has 0 aromatic heterocycles. The Morgan fingerprint density at radius 2 is 1.52 bits per heavy atom. The van der Waals surface area contributed by atoms with Crippen molar-refractivity contribution in [2.45, 2.75) is 0 Å². The number of rotatable bonds is 5. The molecule has 25 heavy (non-hydrogen) atoms. The van der Waals surface area contributed by atoms with Gasteiger partial charge in [-0.15, -0.1) is 0 Å². The quantitative estimate of drug-likeness (QED) is 0.709. The molecular weight excluding hydrogens is 326 g/mol. The Balaban J connectivity index is 2.05. The highest BCUT2D eigenvalue weighted by atomic mass is 16.5. The lowest BCUT2D eigenvalue weighted by molar-refractivity contribution is -0.133. The first-order valence-corrected chi connectivity index (χ1v) is 7.19. The van der Waals surface area contributed by atoms with Crippen LogP contribution in [-0.4, -0.2) is 31.9 Å². The number of hydrogen-bond acceptors (Lipinski definition) is 5. The maximum Gasteiger partial charge on any atom is 0.314 e. The molecule has 2 aromatic carbocycles. The van der Waals surface area contributed by atoms with Crippen LogP contribution in [0, 0.1) is 0 Å². The van der Waals surface area contributed by atoms with Crippen LogP contribution in [0.5, 0.6) is 11.5 Å². The van der Waals surface area contributed by atoms with Gasteiger partial charge in [-0.2, -0.15) is 0 Å². The molecule has 0 saturated heterocycles. The van der Waals surface area contributed by atoms with Crippen LogP contribution in [0.2, 0.25) is 0 Å². The Kier molecular flexibility index (Phi) is 5.57. The molecule has 0 spiro atoms. The predicted molar refractivity (Wildman–Crippen MR) is 91.8 cm³/mol. The van der Waals surface area contributed by atoms with Crippen molar-refractivity contribution in [1.29, 1.82) is 0 Å². The minimum atomic E-state index is -0.873. The molecule has 8 nitrogen and oxygen atoms in total. The second-order valence-electron chi connectivity index (χ2n) is 4.92. The molecule has 130 valence electrons. The van der Waals surface area contributed by atoms with Gasteiger partial charge in [0.05, 0.1) is 19.9 Å². The van der Waals surface area contributed by atoms with Crippen LogP contribution in [0.1, 0.15) is 10.4 Å². The van der Waals surface area contributed by atoms with E-state index >= 15 is 0 Å². The summed E-state index contributed by atoms with van der Waals surface area (Å²) in [6.45, 7) is 0. The lowest BCUT2D eigenvalue weighted by atomic mass is 10.2. The number of methoxy groups -OCH3 is 2. The highest BCUT2D eigenvalue weighted by Gasteiger charge is 2.16.